The van der Waals surface area contributed by atoms with Gasteiger partial charge >= 0.3 is 0 Å². The molecule has 1 aliphatic rings. The molecule has 6 heteroatoms. The van der Waals surface area contributed by atoms with Crippen LogP contribution >= 0.6 is 0 Å². The fourth-order valence-corrected chi connectivity index (χ4v) is 3.41. The number of halogens is 1. The summed E-state index contributed by atoms with van der Waals surface area (Å²) in [6.07, 6.45) is 1.49. The van der Waals surface area contributed by atoms with Gasteiger partial charge in [0.05, 0.1) is 5.69 Å². The van der Waals surface area contributed by atoms with Crippen molar-refractivity contribution in [2.24, 2.45) is 5.92 Å². The van der Waals surface area contributed by atoms with E-state index < -0.39 is 0 Å². The minimum absolute atomic E-state index is 0.0169. The average Bonchev–Trinajstić information content (AvgIpc) is 2.76. The Labute approximate surface area is 163 Å². The Morgan fingerprint density at radius 2 is 1.64 bits per heavy atom. The van der Waals surface area contributed by atoms with Gasteiger partial charge in [-0.25, -0.2) is 4.39 Å². The van der Waals surface area contributed by atoms with Crippen LogP contribution in [-0.2, 0) is 4.79 Å². The lowest BCUT2D eigenvalue weighted by Gasteiger charge is -2.31. The van der Waals surface area contributed by atoms with E-state index in [0.29, 0.717) is 5.69 Å². The Kier molecular flexibility index (Phi) is 5.28. The number of rotatable bonds is 4. The molecule has 0 aliphatic carbocycles. The summed E-state index contributed by atoms with van der Waals surface area (Å²) in [5.74, 6) is 0.442. The molecule has 1 saturated heterocycles. The third-order valence-corrected chi connectivity index (χ3v) is 5.02. The van der Waals surface area contributed by atoms with Crippen LogP contribution in [-0.4, -0.2) is 29.2 Å². The van der Waals surface area contributed by atoms with Crippen LogP contribution in [0.25, 0.3) is 11.3 Å². The van der Waals surface area contributed by atoms with Crippen molar-refractivity contribution >= 4 is 17.4 Å². The van der Waals surface area contributed by atoms with Gasteiger partial charge in [0.1, 0.15) is 5.82 Å². The van der Waals surface area contributed by atoms with Crippen molar-refractivity contribution in [3.63, 3.8) is 0 Å². The molecule has 1 amide bonds. The molecule has 0 unspecified atom stereocenters. The van der Waals surface area contributed by atoms with Gasteiger partial charge in [-0.2, -0.15) is 0 Å². The fourth-order valence-electron chi connectivity index (χ4n) is 3.41. The second-order valence-corrected chi connectivity index (χ2v) is 6.90. The molecular formula is C22H21FN4O. The van der Waals surface area contributed by atoms with Gasteiger partial charge in [-0.3, -0.25) is 4.79 Å². The third-order valence-electron chi connectivity index (χ3n) is 5.02. The molecule has 0 saturated carbocycles. The Bertz CT molecular complexity index is 921. The molecule has 0 spiro atoms. The SMILES string of the molecule is O=C(Nc1ccc(F)cc1)C1CCN(c2ccc(-c3ccccc3)nn2)CC1. The summed E-state index contributed by atoms with van der Waals surface area (Å²) >= 11 is 0. The summed E-state index contributed by atoms with van der Waals surface area (Å²) in [6.45, 7) is 1.50. The number of benzene rings is 2. The topological polar surface area (TPSA) is 58.1 Å². The van der Waals surface area contributed by atoms with Gasteiger partial charge in [0.2, 0.25) is 5.91 Å². The van der Waals surface area contributed by atoms with Crippen molar-refractivity contribution in [3.8, 4) is 11.3 Å². The van der Waals surface area contributed by atoms with Crippen LogP contribution in [0.5, 0.6) is 0 Å². The van der Waals surface area contributed by atoms with E-state index in [2.05, 4.69) is 20.4 Å². The Hall–Kier alpha value is -3.28. The van der Waals surface area contributed by atoms with E-state index in [1.165, 1.54) is 12.1 Å². The van der Waals surface area contributed by atoms with Crippen LogP contribution in [0.4, 0.5) is 15.9 Å². The molecule has 5 nitrogen and oxygen atoms in total. The van der Waals surface area contributed by atoms with Crippen molar-refractivity contribution in [2.45, 2.75) is 12.8 Å². The second kappa shape index (κ2) is 8.17. The third kappa shape index (κ3) is 4.17. The molecule has 0 atom stereocenters. The van der Waals surface area contributed by atoms with E-state index in [1.54, 1.807) is 12.1 Å². The summed E-state index contributed by atoms with van der Waals surface area (Å²) in [7, 11) is 0. The molecular weight excluding hydrogens is 355 g/mol. The van der Waals surface area contributed by atoms with Crippen molar-refractivity contribution in [3.05, 3.63) is 72.5 Å². The molecule has 142 valence electrons. The highest BCUT2D eigenvalue weighted by Gasteiger charge is 2.25. The first-order chi connectivity index (χ1) is 13.7. The summed E-state index contributed by atoms with van der Waals surface area (Å²) in [6, 6.07) is 19.7. The summed E-state index contributed by atoms with van der Waals surface area (Å²) in [4.78, 5) is 14.6. The first kappa shape index (κ1) is 18.1. The molecule has 0 radical (unpaired) electrons. The monoisotopic (exact) mass is 376 g/mol. The van der Waals surface area contributed by atoms with Gasteiger partial charge in [0.25, 0.3) is 0 Å². The predicted octanol–water partition coefficient (Wildman–Crippen LogP) is 4.14. The molecule has 1 fully saturated rings. The molecule has 3 aromatic rings. The highest BCUT2D eigenvalue weighted by atomic mass is 19.1. The molecule has 1 aromatic heterocycles. The lowest BCUT2D eigenvalue weighted by atomic mass is 9.96. The van der Waals surface area contributed by atoms with Crippen molar-refractivity contribution < 1.29 is 9.18 Å². The normalized spacial score (nSPS) is 14.7. The number of carbonyl (C=O) groups excluding carboxylic acids is 1. The van der Waals surface area contributed by atoms with Gasteiger partial charge in [-0.15, -0.1) is 10.2 Å². The van der Waals surface area contributed by atoms with Gasteiger partial charge in [-0.05, 0) is 49.2 Å². The van der Waals surface area contributed by atoms with E-state index >= 15 is 0 Å². The number of hydrogen-bond acceptors (Lipinski definition) is 4. The first-order valence-electron chi connectivity index (χ1n) is 9.39. The molecule has 2 heterocycles. The Balaban J connectivity index is 1.33. The summed E-state index contributed by atoms with van der Waals surface area (Å²) in [5.41, 5.74) is 2.51. The number of nitrogens with one attached hydrogen (secondary N) is 1. The average molecular weight is 376 g/mol. The maximum absolute atomic E-state index is 13.0. The quantitative estimate of drug-likeness (QED) is 0.744. The minimum Gasteiger partial charge on any atom is -0.355 e. The zero-order valence-corrected chi connectivity index (χ0v) is 15.4. The number of nitrogens with zero attached hydrogens (tertiary/aromatic N) is 3. The lowest BCUT2D eigenvalue weighted by molar-refractivity contribution is -0.120. The minimum atomic E-state index is -0.314. The predicted molar refractivity (Wildman–Crippen MR) is 107 cm³/mol. The number of carbonyl (C=O) groups is 1. The molecule has 1 N–H and O–H groups in total. The first-order valence-corrected chi connectivity index (χ1v) is 9.39. The standard InChI is InChI=1S/C22H21FN4O/c23-18-6-8-19(9-7-18)24-22(28)17-12-14-27(15-13-17)21-11-10-20(25-26-21)16-4-2-1-3-5-16/h1-11,17H,12-15H2,(H,24,28). The van der Waals surface area contributed by atoms with Crippen molar-refractivity contribution in [2.75, 3.05) is 23.3 Å². The zero-order chi connectivity index (χ0) is 19.3. The Morgan fingerprint density at radius 3 is 2.29 bits per heavy atom. The smallest absolute Gasteiger partial charge is 0.227 e. The van der Waals surface area contributed by atoms with Crippen LogP contribution in [0.3, 0.4) is 0 Å². The van der Waals surface area contributed by atoms with Crippen molar-refractivity contribution in [1.82, 2.24) is 10.2 Å². The number of piperidine rings is 1. The van der Waals surface area contributed by atoms with Gasteiger partial charge in [0.15, 0.2) is 5.82 Å². The zero-order valence-electron chi connectivity index (χ0n) is 15.4. The van der Waals surface area contributed by atoms with Crippen LogP contribution in [0.15, 0.2) is 66.7 Å². The lowest BCUT2D eigenvalue weighted by Crippen LogP contribution is -2.38. The fraction of sp³-hybridized carbons (Fsp3) is 0.227. The van der Waals surface area contributed by atoms with E-state index in [9.17, 15) is 9.18 Å². The van der Waals surface area contributed by atoms with Crippen molar-refractivity contribution in [1.29, 1.82) is 0 Å². The largest absolute Gasteiger partial charge is 0.355 e. The highest BCUT2D eigenvalue weighted by molar-refractivity contribution is 5.92. The van der Waals surface area contributed by atoms with Gasteiger partial charge in [-0.1, -0.05) is 30.3 Å². The van der Waals surface area contributed by atoms with Gasteiger partial charge in [0, 0.05) is 30.3 Å². The highest BCUT2D eigenvalue weighted by Crippen LogP contribution is 2.24. The van der Waals surface area contributed by atoms with Crippen LogP contribution in [0.1, 0.15) is 12.8 Å². The Morgan fingerprint density at radius 1 is 0.929 bits per heavy atom. The number of hydrogen-bond donors (Lipinski definition) is 1. The van der Waals surface area contributed by atoms with Gasteiger partial charge < -0.3 is 10.2 Å². The molecule has 2 aromatic carbocycles. The number of anilines is 2. The van der Waals surface area contributed by atoms with Crippen LogP contribution in [0.2, 0.25) is 0 Å². The maximum atomic E-state index is 13.0. The second-order valence-electron chi connectivity index (χ2n) is 6.90. The van der Waals surface area contributed by atoms with E-state index in [4.69, 9.17) is 0 Å². The van der Waals surface area contributed by atoms with E-state index in [-0.39, 0.29) is 17.6 Å². The number of aromatic nitrogens is 2. The molecule has 4 rings (SSSR count). The van der Waals surface area contributed by atoms with E-state index in [0.717, 1.165) is 43.0 Å². The maximum Gasteiger partial charge on any atom is 0.227 e. The van der Waals surface area contributed by atoms with E-state index in [1.807, 2.05) is 42.5 Å². The number of amides is 1. The van der Waals surface area contributed by atoms with Crippen LogP contribution < -0.4 is 10.2 Å². The molecule has 0 bridgehead atoms. The summed E-state index contributed by atoms with van der Waals surface area (Å²) in [5, 5.41) is 11.6. The van der Waals surface area contributed by atoms with Crippen LogP contribution in [0, 0.1) is 11.7 Å². The molecule has 28 heavy (non-hydrogen) atoms. The molecule has 1 aliphatic heterocycles. The summed E-state index contributed by atoms with van der Waals surface area (Å²) < 4.78 is 13.0.